The maximum atomic E-state index is 12.9. The summed E-state index contributed by atoms with van der Waals surface area (Å²) in [6.07, 6.45) is 6.49. The Kier molecular flexibility index (Phi) is 4.75. The molecule has 1 unspecified atom stereocenters. The number of hydrogen-bond donors (Lipinski definition) is 2. The second-order valence-electron chi connectivity index (χ2n) is 8.15. The number of H-pyrrole nitrogens is 1. The molecule has 158 valence electrons. The number of carbonyl (C=O) groups excluding carboxylic acids is 1. The number of amides is 1. The number of halogens is 1. The van der Waals surface area contributed by atoms with Crippen molar-refractivity contribution in [2.75, 3.05) is 13.1 Å². The number of likely N-dealkylation sites (tertiary alicyclic amines) is 1. The van der Waals surface area contributed by atoms with Crippen molar-refractivity contribution < 1.29 is 9.90 Å². The summed E-state index contributed by atoms with van der Waals surface area (Å²) < 4.78 is 1.92. The quantitative estimate of drug-likeness (QED) is 0.512. The van der Waals surface area contributed by atoms with Crippen molar-refractivity contribution in [1.29, 1.82) is 0 Å². The molecule has 0 spiro atoms. The standard InChI is InChI=1S/C22H21ClN6O2/c1-22(31)6-2-7-28(12-22)21(30)15-9-14-5-8-29(20(14)24-11-15)16-3-4-17(18(23)10-16)19-25-13-26-27-19/h3-5,8-11,13,31H,2,6-7,12H2,1H3,(H,25,26,27). The summed E-state index contributed by atoms with van der Waals surface area (Å²) in [5.74, 6) is 0.494. The average molecular weight is 437 g/mol. The number of aromatic nitrogens is 5. The smallest absolute Gasteiger partial charge is 0.255 e. The summed E-state index contributed by atoms with van der Waals surface area (Å²) in [7, 11) is 0. The van der Waals surface area contributed by atoms with E-state index in [0.29, 0.717) is 35.9 Å². The zero-order valence-corrected chi connectivity index (χ0v) is 17.7. The number of carbonyl (C=O) groups is 1. The molecule has 0 saturated carbocycles. The number of fused-ring (bicyclic) bond motifs is 1. The van der Waals surface area contributed by atoms with Crippen molar-refractivity contribution in [2.45, 2.75) is 25.4 Å². The summed E-state index contributed by atoms with van der Waals surface area (Å²) in [4.78, 5) is 22.1. The molecule has 1 aromatic carbocycles. The van der Waals surface area contributed by atoms with Crippen LogP contribution in [0.1, 0.15) is 30.1 Å². The molecule has 0 aliphatic carbocycles. The second kappa shape index (κ2) is 7.47. The van der Waals surface area contributed by atoms with E-state index in [1.807, 2.05) is 41.1 Å². The number of benzene rings is 1. The predicted octanol–water partition coefficient (Wildman–Crippen LogP) is 3.45. The van der Waals surface area contributed by atoms with Gasteiger partial charge in [0.2, 0.25) is 0 Å². The van der Waals surface area contributed by atoms with Gasteiger partial charge in [0, 0.05) is 42.1 Å². The zero-order valence-electron chi connectivity index (χ0n) is 16.9. The highest BCUT2D eigenvalue weighted by Gasteiger charge is 2.31. The maximum absolute atomic E-state index is 12.9. The van der Waals surface area contributed by atoms with Crippen molar-refractivity contribution in [3.63, 3.8) is 0 Å². The number of nitrogens with zero attached hydrogens (tertiary/aromatic N) is 5. The summed E-state index contributed by atoms with van der Waals surface area (Å²) in [5.41, 5.74) is 2.01. The molecule has 4 aromatic rings. The van der Waals surface area contributed by atoms with Gasteiger partial charge in [0.05, 0.1) is 16.2 Å². The summed E-state index contributed by atoms with van der Waals surface area (Å²) in [6.45, 7) is 2.75. The molecule has 4 heterocycles. The van der Waals surface area contributed by atoms with E-state index in [0.717, 1.165) is 28.7 Å². The van der Waals surface area contributed by atoms with Crippen molar-refractivity contribution in [2.24, 2.45) is 0 Å². The maximum Gasteiger partial charge on any atom is 0.255 e. The van der Waals surface area contributed by atoms with Crippen LogP contribution in [0.25, 0.3) is 28.1 Å². The predicted molar refractivity (Wildman–Crippen MR) is 117 cm³/mol. The molecule has 1 atom stereocenters. The third kappa shape index (κ3) is 3.68. The molecule has 0 radical (unpaired) electrons. The van der Waals surface area contributed by atoms with Crippen LogP contribution in [0.4, 0.5) is 0 Å². The van der Waals surface area contributed by atoms with Gasteiger partial charge in [-0.2, -0.15) is 0 Å². The lowest BCUT2D eigenvalue weighted by atomic mass is 9.95. The molecule has 1 fully saturated rings. The van der Waals surface area contributed by atoms with Gasteiger partial charge in [-0.15, -0.1) is 10.2 Å². The number of rotatable bonds is 3. The van der Waals surface area contributed by atoms with Gasteiger partial charge in [0.25, 0.3) is 5.91 Å². The Bertz CT molecular complexity index is 1260. The number of pyridine rings is 1. The van der Waals surface area contributed by atoms with E-state index >= 15 is 0 Å². The minimum atomic E-state index is -0.841. The van der Waals surface area contributed by atoms with Crippen LogP contribution in [-0.4, -0.2) is 59.3 Å². The SMILES string of the molecule is CC1(O)CCCN(C(=O)c2cnc3c(ccn3-c3ccc(-c4nnc[nH]4)c(Cl)c3)c2)C1. The highest BCUT2D eigenvalue weighted by atomic mass is 35.5. The van der Waals surface area contributed by atoms with Crippen molar-refractivity contribution in [3.05, 3.63) is 59.6 Å². The minimum Gasteiger partial charge on any atom is -0.388 e. The molecular formula is C22H21ClN6O2. The molecule has 8 nitrogen and oxygen atoms in total. The highest BCUT2D eigenvalue weighted by Crippen LogP contribution is 2.29. The molecule has 3 aromatic heterocycles. The van der Waals surface area contributed by atoms with Crippen LogP contribution in [-0.2, 0) is 0 Å². The van der Waals surface area contributed by atoms with Crippen LogP contribution in [0.15, 0.2) is 49.1 Å². The molecule has 1 amide bonds. The van der Waals surface area contributed by atoms with Crippen LogP contribution < -0.4 is 0 Å². The first-order valence-corrected chi connectivity index (χ1v) is 10.4. The van der Waals surface area contributed by atoms with Crippen LogP contribution in [0.3, 0.4) is 0 Å². The van der Waals surface area contributed by atoms with Gasteiger partial charge in [0.15, 0.2) is 5.82 Å². The lowest BCUT2D eigenvalue weighted by molar-refractivity contribution is -0.0107. The molecule has 31 heavy (non-hydrogen) atoms. The first-order chi connectivity index (χ1) is 14.9. The molecule has 1 aliphatic rings. The van der Waals surface area contributed by atoms with Crippen molar-refractivity contribution >= 4 is 28.5 Å². The van der Waals surface area contributed by atoms with Crippen molar-refractivity contribution in [1.82, 2.24) is 29.6 Å². The van der Waals surface area contributed by atoms with E-state index in [4.69, 9.17) is 11.6 Å². The van der Waals surface area contributed by atoms with Crippen LogP contribution >= 0.6 is 11.6 Å². The van der Waals surface area contributed by atoms with Crippen molar-refractivity contribution in [3.8, 4) is 17.1 Å². The Balaban J connectivity index is 1.45. The van der Waals surface area contributed by atoms with Crippen LogP contribution in [0.2, 0.25) is 5.02 Å². The molecular weight excluding hydrogens is 416 g/mol. The first-order valence-electron chi connectivity index (χ1n) is 10.1. The normalized spacial score (nSPS) is 19.1. The third-order valence-electron chi connectivity index (χ3n) is 5.64. The molecule has 1 saturated heterocycles. The van der Waals surface area contributed by atoms with E-state index in [9.17, 15) is 9.90 Å². The Labute approximate surface area is 183 Å². The van der Waals surface area contributed by atoms with Gasteiger partial charge in [0.1, 0.15) is 12.0 Å². The van der Waals surface area contributed by atoms with E-state index in [1.54, 1.807) is 18.0 Å². The fourth-order valence-electron chi connectivity index (χ4n) is 4.11. The van der Waals surface area contributed by atoms with Crippen LogP contribution in [0.5, 0.6) is 0 Å². The monoisotopic (exact) mass is 436 g/mol. The summed E-state index contributed by atoms with van der Waals surface area (Å²) in [6, 6.07) is 9.41. The number of nitrogens with one attached hydrogen (secondary N) is 1. The Morgan fingerprint density at radius 3 is 2.90 bits per heavy atom. The van der Waals surface area contributed by atoms with E-state index in [1.165, 1.54) is 6.33 Å². The Morgan fingerprint density at radius 2 is 2.16 bits per heavy atom. The minimum absolute atomic E-state index is 0.110. The molecule has 1 aliphatic heterocycles. The van der Waals surface area contributed by atoms with Crippen LogP contribution in [0, 0.1) is 0 Å². The molecule has 9 heteroatoms. The second-order valence-corrected chi connectivity index (χ2v) is 8.56. The molecule has 2 N–H and O–H groups in total. The lowest BCUT2D eigenvalue weighted by Gasteiger charge is -2.36. The van der Waals surface area contributed by atoms with Gasteiger partial charge in [-0.3, -0.25) is 4.79 Å². The highest BCUT2D eigenvalue weighted by molar-refractivity contribution is 6.33. The largest absolute Gasteiger partial charge is 0.388 e. The van der Waals surface area contributed by atoms with E-state index in [-0.39, 0.29) is 5.91 Å². The number of β-amino-alcohol motifs (C(OH)–C–C–N with tert-alkyl or cyclic N) is 1. The summed E-state index contributed by atoms with van der Waals surface area (Å²) in [5, 5.41) is 19.5. The Morgan fingerprint density at radius 1 is 1.29 bits per heavy atom. The fraction of sp³-hybridized carbons (Fsp3) is 0.273. The number of hydrogen-bond acceptors (Lipinski definition) is 5. The third-order valence-corrected chi connectivity index (χ3v) is 5.95. The van der Waals surface area contributed by atoms with E-state index < -0.39 is 5.60 Å². The van der Waals surface area contributed by atoms with Gasteiger partial charge < -0.3 is 19.6 Å². The summed E-state index contributed by atoms with van der Waals surface area (Å²) >= 11 is 6.47. The number of aliphatic hydroxyl groups is 1. The molecule has 0 bridgehead atoms. The van der Waals surface area contributed by atoms with Gasteiger partial charge in [-0.25, -0.2) is 4.98 Å². The molecule has 5 rings (SSSR count). The van der Waals surface area contributed by atoms with E-state index in [2.05, 4.69) is 20.2 Å². The van der Waals surface area contributed by atoms with Gasteiger partial charge in [-0.1, -0.05) is 11.6 Å². The zero-order chi connectivity index (χ0) is 21.6. The fourth-order valence-corrected chi connectivity index (χ4v) is 4.37. The topological polar surface area (TPSA) is 99.9 Å². The van der Waals surface area contributed by atoms with Gasteiger partial charge in [-0.05, 0) is 50.1 Å². The number of piperidine rings is 1. The first kappa shape index (κ1) is 19.7. The average Bonchev–Trinajstić information content (AvgIpc) is 3.42. The number of aromatic amines is 1. The van der Waals surface area contributed by atoms with Gasteiger partial charge >= 0.3 is 0 Å². The lowest BCUT2D eigenvalue weighted by Crippen LogP contribution is -2.48. The Hall–Kier alpha value is -3.23.